The molecule has 1 heterocycles. The van der Waals surface area contributed by atoms with Gasteiger partial charge in [-0.05, 0) is 30.2 Å². The maximum absolute atomic E-state index is 8.88. The van der Waals surface area contributed by atoms with E-state index in [9.17, 15) is 0 Å². The third-order valence-corrected chi connectivity index (χ3v) is 3.34. The Morgan fingerprint density at radius 1 is 1.28 bits per heavy atom. The molecule has 1 aliphatic carbocycles. The maximum atomic E-state index is 8.88. The molecule has 0 radical (unpaired) electrons. The molecule has 0 saturated heterocycles. The molecule has 0 spiro atoms. The van der Waals surface area contributed by atoms with Crippen LogP contribution in [-0.4, -0.2) is 11.0 Å². The lowest BCUT2D eigenvalue weighted by atomic mass is 10.1. The molecule has 88 valence electrons. The summed E-state index contributed by atoms with van der Waals surface area (Å²) in [5.41, 5.74) is 9.55. The van der Waals surface area contributed by atoms with Gasteiger partial charge in [0.05, 0.1) is 17.3 Å². The van der Waals surface area contributed by atoms with Crippen molar-refractivity contribution in [3.63, 3.8) is 0 Å². The molecule has 1 aromatic heterocycles. The highest BCUT2D eigenvalue weighted by Gasteiger charge is 2.34. The number of rotatable bonds is 2. The molecule has 0 aliphatic heterocycles. The second kappa shape index (κ2) is 4.25. The van der Waals surface area contributed by atoms with Crippen molar-refractivity contribution in [2.45, 2.75) is 18.4 Å². The zero-order chi connectivity index (χ0) is 12.5. The number of nitriles is 1. The average molecular weight is 235 g/mol. The number of aromatic nitrogens is 1. The molecule has 1 aromatic carbocycles. The molecule has 3 nitrogen and oxygen atoms in total. The Labute approximate surface area is 106 Å². The van der Waals surface area contributed by atoms with E-state index in [0.717, 1.165) is 17.7 Å². The molecule has 2 N–H and O–H groups in total. The number of benzene rings is 1. The molecule has 0 unspecified atom stereocenters. The van der Waals surface area contributed by atoms with Gasteiger partial charge in [-0.2, -0.15) is 5.26 Å². The van der Waals surface area contributed by atoms with Gasteiger partial charge in [-0.1, -0.05) is 18.2 Å². The first-order chi connectivity index (χ1) is 8.78. The van der Waals surface area contributed by atoms with E-state index in [1.165, 1.54) is 5.56 Å². The lowest BCUT2D eigenvalue weighted by molar-refractivity contribution is 0.981. The Balaban J connectivity index is 1.90. The molecule has 0 amide bonds. The number of hydrogen-bond donors (Lipinski definition) is 1. The largest absolute Gasteiger partial charge is 0.327 e. The lowest BCUT2D eigenvalue weighted by Gasteiger charge is -2.03. The SMILES string of the molecule is N#Cc1cccc(-c2ccc([C@@H]3C[C@H]3N)cn2)c1. The summed E-state index contributed by atoms with van der Waals surface area (Å²) in [6.07, 6.45) is 2.96. The van der Waals surface area contributed by atoms with Gasteiger partial charge in [-0.25, -0.2) is 0 Å². The first kappa shape index (κ1) is 10.9. The molecule has 2 atom stereocenters. The summed E-state index contributed by atoms with van der Waals surface area (Å²) in [4.78, 5) is 4.46. The molecule has 3 heteroatoms. The fourth-order valence-corrected chi connectivity index (χ4v) is 2.14. The van der Waals surface area contributed by atoms with Gasteiger partial charge in [0.2, 0.25) is 0 Å². The van der Waals surface area contributed by atoms with Crippen LogP contribution in [0.4, 0.5) is 0 Å². The zero-order valence-electron chi connectivity index (χ0n) is 9.88. The Bertz CT molecular complexity index is 610. The second-order valence-corrected chi connectivity index (χ2v) is 4.68. The first-order valence-electron chi connectivity index (χ1n) is 6.00. The van der Waals surface area contributed by atoms with Crippen molar-refractivity contribution in [2.24, 2.45) is 5.73 Å². The van der Waals surface area contributed by atoms with Gasteiger partial charge in [0.15, 0.2) is 0 Å². The fraction of sp³-hybridized carbons (Fsp3) is 0.200. The molecule has 3 rings (SSSR count). The van der Waals surface area contributed by atoms with Crippen LogP contribution in [0.2, 0.25) is 0 Å². The summed E-state index contributed by atoms with van der Waals surface area (Å²) >= 11 is 0. The van der Waals surface area contributed by atoms with E-state index >= 15 is 0 Å². The molecule has 2 aromatic rings. The van der Waals surface area contributed by atoms with E-state index in [1.807, 2.05) is 30.5 Å². The smallest absolute Gasteiger partial charge is 0.0991 e. The maximum Gasteiger partial charge on any atom is 0.0991 e. The van der Waals surface area contributed by atoms with E-state index in [4.69, 9.17) is 11.0 Å². The summed E-state index contributed by atoms with van der Waals surface area (Å²) in [5, 5.41) is 8.88. The number of nitrogens with zero attached hydrogens (tertiary/aromatic N) is 2. The van der Waals surface area contributed by atoms with Crippen molar-refractivity contribution in [3.8, 4) is 17.3 Å². The van der Waals surface area contributed by atoms with E-state index in [-0.39, 0.29) is 0 Å². The van der Waals surface area contributed by atoms with Gasteiger partial charge >= 0.3 is 0 Å². The van der Waals surface area contributed by atoms with Crippen LogP contribution >= 0.6 is 0 Å². The quantitative estimate of drug-likeness (QED) is 0.869. The third kappa shape index (κ3) is 1.99. The van der Waals surface area contributed by atoms with E-state index in [1.54, 1.807) is 6.07 Å². The van der Waals surface area contributed by atoms with E-state index in [2.05, 4.69) is 17.1 Å². The fourth-order valence-electron chi connectivity index (χ4n) is 2.14. The van der Waals surface area contributed by atoms with Crippen LogP contribution in [0.25, 0.3) is 11.3 Å². The van der Waals surface area contributed by atoms with Crippen LogP contribution in [0.5, 0.6) is 0 Å². The summed E-state index contributed by atoms with van der Waals surface area (Å²) in [6.45, 7) is 0. The van der Waals surface area contributed by atoms with Crippen LogP contribution in [0.1, 0.15) is 23.5 Å². The normalized spacial score (nSPS) is 21.3. The Morgan fingerprint density at radius 3 is 2.72 bits per heavy atom. The molecular weight excluding hydrogens is 222 g/mol. The highest BCUT2D eigenvalue weighted by atomic mass is 14.8. The van der Waals surface area contributed by atoms with E-state index < -0.39 is 0 Å². The predicted octanol–water partition coefficient (Wildman–Crippen LogP) is 2.43. The molecule has 18 heavy (non-hydrogen) atoms. The summed E-state index contributed by atoms with van der Waals surface area (Å²) in [5.74, 6) is 0.483. The molecule has 1 aliphatic rings. The molecule has 1 saturated carbocycles. The van der Waals surface area contributed by atoms with Gasteiger partial charge in [0.1, 0.15) is 0 Å². The van der Waals surface area contributed by atoms with Gasteiger partial charge in [-0.15, -0.1) is 0 Å². The third-order valence-electron chi connectivity index (χ3n) is 3.34. The summed E-state index contributed by atoms with van der Waals surface area (Å²) in [6, 6.07) is 14.0. The topological polar surface area (TPSA) is 62.7 Å². The van der Waals surface area contributed by atoms with Gasteiger partial charge in [0.25, 0.3) is 0 Å². The van der Waals surface area contributed by atoms with Crippen LogP contribution in [-0.2, 0) is 0 Å². The van der Waals surface area contributed by atoms with Crippen molar-refractivity contribution in [1.82, 2.24) is 4.98 Å². The Morgan fingerprint density at radius 2 is 2.11 bits per heavy atom. The van der Waals surface area contributed by atoms with Crippen molar-refractivity contribution in [3.05, 3.63) is 53.7 Å². The van der Waals surface area contributed by atoms with Crippen molar-refractivity contribution in [2.75, 3.05) is 0 Å². The minimum Gasteiger partial charge on any atom is -0.327 e. The first-order valence-corrected chi connectivity index (χ1v) is 6.00. The predicted molar refractivity (Wildman–Crippen MR) is 69.7 cm³/mol. The second-order valence-electron chi connectivity index (χ2n) is 4.68. The minimum atomic E-state index is 0.305. The number of pyridine rings is 1. The lowest BCUT2D eigenvalue weighted by Crippen LogP contribution is -2.01. The Hall–Kier alpha value is -2.18. The molecule has 1 fully saturated rings. The van der Waals surface area contributed by atoms with Crippen LogP contribution < -0.4 is 5.73 Å². The number of hydrogen-bond acceptors (Lipinski definition) is 3. The van der Waals surface area contributed by atoms with Gasteiger partial charge < -0.3 is 5.73 Å². The summed E-state index contributed by atoms with van der Waals surface area (Å²) < 4.78 is 0. The van der Waals surface area contributed by atoms with Gasteiger partial charge in [-0.3, -0.25) is 4.98 Å². The zero-order valence-corrected chi connectivity index (χ0v) is 9.88. The monoisotopic (exact) mass is 235 g/mol. The number of nitrogens with two attached hydrogens (primary N) is 1. The molecule has 0 bridgehead atoms. The minimum absolute atomic E-state index is 0.305. The van der Waals surface area contributed by atoms with Crippen LogP contribution in [0.3, 0.4) is 0 Å². The van der Waals surface area contributed by atoms with Crippen LogP contribution in [0.15, 0.2) is 42.6 Å². The highest BCUT2D eigenvalue weighted by Crippen LogP contribution is 2.38. The van der Waals surface area contributed by atoms with Crippen LogP contribution in [0, 0.1) is 11.3 Å². The van der Waals surface area contributed by atoms with E-state index in [0.29, 0.717) is 17.5 Å². The average Bonchev–Trinajstić information content (AvgIpc) is 3.16. The van der Waals surface area contributed by atoms with Crippen molar-refractivity contribution >= 4 is 0 Å². The van der Waals surface area contributed by atoms with Gasteiger partial charge in [0, 0.05) is 23.7 Å². The Kier molecular flexibility index (Phi) is 2.58. The highest BCUT2D eigenvalue weighted by molar-refractivity contribution is 5.61. The molecular formula is C15H13N3. The van der Waals surface area contributed by atoms with Crippen molar-refractivity contribution < 1.29 is 0 Å². The standard InChI is InChI=1S/C15H13N3/c16-8-10-2-1-3-11(6-10)15-5-4-12(9-18-15)13-7-14(13)17/h1-6,9,13-14H,7,17H2/t13-,14+/m0/s1. The van der Waals surface area contributed by atoms with Crippen molar-refractivity contribution in [1.29, 1.82) is 5.26 Å². The summed E-state index contributed by atoms with van der Waals surface area (Å²) in [7, 11) is 0.